The van der Waals surface area contributed by atoms with Crippen molar-refractivity contribution in [3.05, 3.63) is 35.5 Å². The number of fused-ring (bicyclic) bond motifs is 7. The molecule has 1 saturated heterocycles. The van der Waals surface area contributed by atoms with E-state index in [-0.39, 0.29) is 44.1 Å². The van der Waals surface area contributed by atoms with E-state index in [9.17, 15) is 23.4 Å². The third-order valence-electron chi connectivity index (χ3n) is 18.4. The standard InChI is InChI=1S/C45H73FN2O4S/c1-29(2)33-14-21-45(47-24-25-48-26-30(3)53(51,52)31(4)27-48)23-22-42(8)35(38(33)45)10-11-37-41(7)17-15-34(40(5,6)36(41)16-18-43(37,42)9)32-12-19-44(28-46,20-13-32)39(49)50/h12,15,30-31,33,35-38,47,51-52H,1,10-11,13-14,16-28H2,2-9H3,(H,49,50)/t30?,31?,33-,35+,36-,37+,38+,41-,42+,43+,44-,45-/m0/s1. The van der Waals surface area contributed by atoms with Crippen LogP contribution >= 0.6 is 10.6 Å². The summed E-state index contributed by atoms with van der Waals surface area (Å²) in [6.45, 7) is 26.5. The van der Waals surface area contributed by atoms with Gasteiger partial charge in [-0.05, 0) is 160 Å². The number of rotatable bonds is 8. The van der Waals surface area contributed by atoms with Crippen LogP contribution in [0.15, 0.2) is 35.5 Å². The molecule has 1 heterocycles. The van der Waals surface area contributed by atoms with Crippen molar-refractivity contribution >= 4 is 16.6 Å². The lowest BCUT2D eigenvalue weighted by molar-refractivity contribution is -0.221. The van der Waals surface area contributed by atoms with E-state index in [2.05, 4.69) is 70.5 Å². The fraction of sp³-hybridized carbons (Fsp3) is 0.844. The number of aliphatic carboxylic acids is 1. The van der Waals surface area contributed by atoms with Gasteiger partial charge in [0.2, 0.25) is 0 Å². The lowest BCUT2D eigenvalue weighted by Gasteiger charge is -2.72. The molecule has 8 heteroatoms. The minimum absolute atomic E-state index is 0.0138. The van der Waals surface area contributed by atoms with Crippen LogP contribution in [0.5, 0.6) is 0 Å². The molecule has 0 aromatic carbocycles. The largest absolute Gasteiger partial charge is 0.481 e. The summed E-state index contributed by atoms with van der Waals surface area (Å²) in [7, 11) is -2.53. The van der Waals surface area contributed by atoms with Gasteiger partial charge >= 0.3 is 5.97 Å². The molecule has 0 aromatic heterocycles. The van der Waals surface area contributed by atoms with Crippen LogP contribution in [-0.2, 0) is 4.79 Å². The highest BCUT2D eigenvalue weighted by Crippen LogP contribution is 2.76. The molecule has 12 atom stereocenters. The highest BCUT2D eigenvalue weighted by Gasteiger charge is 2.70. The fourth-order valence-corrected chi connectivity index (χ4v) is 16.8. The molecule has 0 bridgehead atoms. The van der Waals surface area contributed by atoms with Crippen LogP contribution < -0.4 is 5.32 Å². The summed E-state index contributed by atoms with van der Waals surface area (Å²) in [6, 6.07) is 0. The number of alkyl halides is 1. The van der Waals surface area contributed by atoms with Crippen LogP contribution in [0, 0.1) is 56.7 Å². The monoisotopic (exact) mass is 757 g/mol. The number of carboxylic acid groups (broad SMARTS) is 1. The van der Waals surface area contributed by atoms with Crippen molar-refractivity contribution in [3.8, 4) is 0 Å². The zero-order valence-corrected chi connectivity index (χ0v) is 35.2. The fourth-order valence-electron chi connectivity index (χ4n) is 15.2. The first-order chi connectivity index (χ1) is 24.7. The maximum Gasteiger partial charge on any atom is 0.312 e. The molecule has 4 saturated carbocycles. The molecule has 53 heavy (non-hydrogen) atoms. The number of nitrogens with zero attached hydrogens (tertiary/aromatic N) is 1. The summed E-state index contributed by atoms with van der Waals surface area (Å²) in [5.41, 5.74) is 3.64. The average Bonchev–Trinajstić information content (AvgIpc) is 3.47. The molecule has 5 fully saturated rings. The van der Waals surface area contributed by atoms with Crippen LogP contribution in [0.25, 0.3) is 0 Å². The number of hydrogen-bond donors (Lipinski definition) is 4. The second-order valence-corrected chi connectivity index (χ2v) is 23.9. The minimum Gasteiger partial charge on any atom is -0.481 e. The molecule has 300 valence electrons. The summed E-state index contributed by atoms with van der Waals surface area (Å²) in [4.78, 5) is 14.5. The number of hydrogen-bond acceptors (Lipinski definition) is 5. The molecule has 2 unspecified atom stereocenters. The molecule has 0 spiro atoms. The second-order valence-electron chi connectivity index (χ2n) is 21.0. The Morgan fingerprint density at radius 3 is 2.23 bits per heavy atom. The van der Waals surface area contributed by atoms with Gasteiger partial charge in [-0.15, -0.1) is 0 Å². The minimum atomic E-state index is -2.53. The highest BCUT2D eigenvalue weighted by molar-refractivity contribution is 8.25. The van der Waals surface area contributed by atoms with Crippen molar-refractivity contribution in [2.45, 2.75) is 148 Å². The zero-order chi connectivity index (χ0) is 38.6. The molecule has 7 aliphatic rings. The Bertz CT molecular complexity index is 1530. The number of nitrogens with one attached hydrogen (secondary N) is 1. The van der Waals surface area contributed by atoms with Crippen molar-refractivity contribution < 1.29 is 23.4 Å². The smallest absolute Gasteiger partial charge is 0.312 e. The third kappa shape index (κ3) is 5.85. The number of halogens is 1. The Labute approximate surface area is 322 Å². The highest BCUT2D eigenvalue weighted by atomic mass is 32.3. The van der Waals surface area contributed by atoms with Gasteiger partial charge < -0.3 is 10.4 Å². The first-order valence-corrected chi connectivity index (χ1v) is 23.0. The molecule has 7 rings (SSSR count). The maximum atomic E-state index is 14.0. The van der Waals surface area contributed by atoms with E-state index in [1.807, 2.05) is 13.8 Å². The van der Waals surface area contributed by atoms with Gasteiger partial charge in [0.15, 0.2) is 0 Å². The first-order valence-electron chi connectivity index (χ1n) is 21.3. The molecular weight excluding hydrogens is 684 g/mol. The first kappa shape index (κ1) is 40.0. The molecule has 0 radical (unpaired) electrons. The average molecular weight is 757 g/mol. The van der Waals surface area contributed by atoms with Crippen molar-refractivity contribution in [1.29, 1.82) is 0 Å². The van der Waals surface area contributed by atoms with Gasteiger partial charge in [0.25, 0.3) is 0 Å². The predicted molar refractivity (Wildman–Crippen MR) is 217 cm³/mol. The predicted octanol–water partition coefficient (Wildman–Crippen LogP) is 10.5. The number of carboxylic acids is 1. The van der Waals surface area contributed by atoms with Gasteiger partial charge in [0, 0.05) is 31.7 Å². The van der Waals surface area contributed by atoms with E-state index in [1.165, 1.54) is 68.1 Å². The van der Waals surface area contributed by atoms with Crippen LogP contribution in [0.3, 0.4) is 0 Å². The quantitative estimate of drug-likeness (QED) is 0.184. The van der Waals surface area contributed by atoms with Gasteiger partial charge in [-0.25, -0.2) is 4.39 Å². The summed E-state index contributed by atoms with van der Waals surface area (Å²) in [5.74, 6) is 2.04. The second kappa shape index (κ2) is 13.5. The van der Waals surface area contributed by atoms with Crippen LogP contribution in [0.2, 0.25) is 0 Å². The Kier molecular flexibility index (Phi) is 10.2. The van der Waals surface area contributed by atoms with Crippen molar-refractivity contribution in [2.24, 2.45) is 56.7 Å². The number of allylic oxidation sites excluding steroid dienone is 5. The van der Waals surface area contributed by atoms with Gasteiger partial charge in [0.1, 0.15) is 6.67 Å². The molecule has 4 N–H and O–H groups in total. The summed E-state index contributed by atoms with van der Waals surface area (Å²) in [5, 5.41) is 13.9. The summed E-state index contributed by atoms with van der Waals surface area (Å²) >= 11 is 0. The van der Waals surface area contributed by atoms with Gasteiger partial charge in [-0.2, -0.15) is 10.6 Å². The van der Waals surface area contributed by atoms with Gasteiger partial charge in [0.05, 0.1) is 15.9 Å². The molecule has 6 nitrogen and oxygen atoms in total. The Balaban J connectivity index is 1.12. The summed E-state index contributed by atoms with van der Waals surface area (Å²) in [6.07, 6.45) is 17.1. The molecule has 6 aliphatic carbocycles. The van der Waals surface area contributed by atoms with Gasteiger partial charge in [-0.3, -0.25) is 18.8 Å². The lowest BCUT2D eigenvalue weighted by Crippen LogP contribution is -2.68. The van der Waals surface area contributed by atoms with E-state index in [1.54, 1.807) is 0 Å². The maximum absolute atomic E-state index is 14.0. The van der Waals surface area contributed by atoms with Crippen molar-refractivity contribution in [2.75, 3.05) is 32.9 Å². The molecular formula is C45H73FN2O4S. The molecule has 0 aromatic rings. The topological polar surface area (TPSA) is 93.0 Å². The molecule has 1 aliphatic heterocycles. The number of carbonyl (C=O) groups is 1. The van der Waals surface area contributed by atoms with Crippen LogP contribution in [0.1, 0.15) is 132 Å². The Morgan fingerprint density at radius 1 is 0.925 bits per heavy atom. The van der Waals surface area contributed by atoms with Crippen LogP contribution in [-0.4, -0.2) is 74.0 Å². The van der Waals surface area contributed by atoms with E-state index >= 15 is 0 Å². The Hall–Kier alpha value is -1.19. The zero-order valence-electron chi connectivity index (χ0n) is 34.4. The van der Waals surface area contributed by atoms with Crippen LogP contribution in [0.4, 0.5) is 4.39 Å². The van der Waals surface area contributed by atoms with E-state index < -0.39 is 28.6 Å². The SMILES string of the molecule is C=C(C)[C@@H]1CC[C@]2(NCCN3CC(C)S(O)(O)C(C)C3)CC[C@]3(C)[C@H](CC[C@@H]4[C@@]5(C)CC=C(C6=CC[C@](CF)(C(=O)O)CC6)C(C)(C)[C@@H]5CC[C@]43C)[C@@H]12. The van der Waals surface area contributed by atoms with Crippen molar-refractivity contribution in [1.82, 2.24) is 10.2 Å². The van der Waals surface area contributed by atoms with E-state index in [0.717, 1.165) is 32.6 Å². The Morgan fingerprint density at radius 2 is 1.62 bits per heavy atom. The normalized spacial score (nSPS) is 48.2. The molecule has 0 amide bonds. The van der Waals surface area contributed by atoms with Crippen molar-refractivity contribution in [3.63, 3.8) is 0 Å². The third-order valence-corrected chi connectivity index (χ3v) is 21.1. The van der Waals surface area contributed by atoms with E-state index in [4.69, 9.17) is 0 Å². The lowest BCUT2D eigenvalue weighted by atomic mass is 9.33. The summed E-state index contributed by atoms with van der Waals surface area (Å²) < 4.78 is 35.3. The van der Waals surface area contributed by atoms with Gasteiger partial charge in [-0.1, -0.05) is 58.9 Å². The van der Waals surface area contributed by atoms with E-state index in [0.29, 0.717) is 42.4 Å².